The molecule has 0 heterocycles. The standard InChI is InChI=1S/H2O6S6/c1-11(2,3)9-7-8-10-12(4,5)6/h(H,1,2,3)(H,4,5,6)/p-2. The lowest BCUT2D eigenvalue weighted by atomic mass is 15.9. The van der Waals surface area contributed by atoms with Crippen molar-refractivity contribution in [2.75, 3.05) is 0 Å². The van der Waals surface area contributed by atoms with Crippen molar-refractivity contribution in [3.63, 3.8) is 0 Å². The van der Waals surface area contributed by atoms with E-state index in [1.165, 1.54) is 0 Å². The normalized spacial score (nSPS) is 13.2. The first-order valence-electron chi connectivity index (χ1n) is 1.83. The molecular weight excluding hydrogens is 288 g/mol. The fraction of sp³-hybridized carbons (Fsp3) is 0. The maximum absolute atomic E-state index is 9.89. The minimum atomic E-state index is -4.44. The molecule has 0 rings (SSSR count). The largest absolute Gasteiger partial charge is 0.739 e. The molecule has 0 radical (unpaired) electrons. The minimum absolute atomic E-state index is 0.0536. The summed E-state index contributed by atoms with van der Waals surface area (Å²) in [4.78, 5) is 0. The van der Waals surface area contributed by atoms with Gasteiger partial charge in [0.05, 0.1) is 0 Å². The van der Waals surface area contributed by atoms with E-state index in [1.54, 1.807) is 0 Å². The molecule has 12 heteroatoms. The Morgan fingerprint density at radius 3 is 1.17 bits per heavy atom. The Balaban J connectivity index is 3.62. The first kappa shape index (κ1) is 13.2. The molecule has 0 N–H and O–H groups in total. The van der Waals surface area contributed by atoms with Gasteiger partial charge in [-0.05, 0) is 0 Å². The van der Waals surface area contributed by atoms with Gasteiger partial charge in [0.15, 0.2) is 18.3 Å². The summed E-state index contributed by atoms with van der Waals surface area (Å²) in [5.74, 6) is 0. The van der Waals surface area contributed by atoms with Crippen LogP contribution in [0.3, 0.4) is 0 Å². The topological polar surface area (TPSA) is 114 Å². The monoisotopic (exact) mass is 288 g/mol. The van der Waals surface area contributed by atoms with Crippen LogP contribution in [0.25, 0.3) is 0 Å². The van der Waals surface area contributed by atoms with Gasteiger partial charge in [-0.25, -0.2) is 16.8 Å². The fourth-order valence-corrected chi connectivity index (χ4v) is 11.0. The average molecular weight is 288 g/mol. The number of rotatable bonds is 5. The second-order valence-electron chi connectivity index (χ2n) is 1.09. The molecule has 6 nitrogen and oxygen atoms in total. The van der Waals surface area contributed by atoms with Gasteiger partial charge in [-0.15, -0.1) is 0 Å². The summed E-state index contributed by atoms with van der Waals surface area (Å²) >= 11 is 0. The third-order valence-electron chi connectivity index (χ3n) is 0.250. The van der Waals surface area contributed by atoms with Gasteiger partial charge in [-0.2, -0.15) is 0 Å². The van der Waals surface area contributed by atoms with Crippen LogP contribution in [0.5, 0.6) is 0 Å². The van der Waals surface area contributed by atoms with Gasteiger partial charge < -0.3 is 9.11 Å². The van der Waals surface area contributed by atoms with E-state index in [1.807, 2.05) is 0 Å². The van der Waals surface area contributed by atoms with E-state index in [0.717, 1.165) is 0 Å². The van der Waals surface area contributed by atoms with Gasteiger partial charge >= 0.3 is 0 Å². The van der Waals surface area contributed by atoms with Crippen molar-refractivity contribution in [2.24, 2.45) is 0 Å². The van der Waals surface area contributed by atoms with Crippen LogP contribution in [0, 0.1) is 0 Å². The average Bonchev–Trinajstić information content (AvgIpc) is 1.76. The first-order valence-corrected chi connectivity index (χ1v) is 10.5. The summed E-state index contributed by atoms with van der Waals surface area (Å²) in [6, 6.07) is 0. The number of hydrogen-bond donors (Lipinski definition) is 0. The van der Waals surface area contributed by atoms with Crippen molar-refractivity contribution in [2.45, 2.75) is 0 Å². The highest BCUT2D eigenvalue weighted by molar-refractivity contribution is 9.40. The maximum Gasteiger partial charge on any atom is 0.160 e. The molecule has 0 unspecified atom stereocenters. The zero-order valence-corrected chi connectivity index (χ0v) is 9.80. The summed E-state index contributed by atoms with van der Waals surface area (Å²) < 4.78 is 59.4. The Morgan fingerprint density at radius 1 is 0.750 bits per heavy atom. The van der Waals surface area contributed by atoms with Gasteiger partial charge in [-0.3, -0.25) is 0 Å². The van der Waals surface area contributed by atoms with Gasteiger partial charge in [0.1, 0.15) is 0 Å². The zero-order valence-electron chi connectivity index (χ0n) is 4.90. The molecule has 0 aromatic carbocycles. The maximum atomic E-state index is 9.89. The Labute approximate surface area is 83.1 Å². The second-order valence-corrected chi connectivity index (χ2v) is 12.2. The minimum Gasteiger partial charge on any atom is -0.739 e. The third kappa shape index (κ3) is 11.2. The third-order valence-corrected chi connectivity index (χ3v) is 11.2. The highest BCUT2D eigenvalue weighted by atomic mass is 33.9. The smallest absolute Gasteiger partial charge is 0.160 e. The van der Waals surface area contributed by atoms with E-state index in [4.69, 9.17) is 0 Å². The van der Waals surface area contributed by atoms with Crippen LogP contribution >= 0.6 is 39.3 Å². The summed E-state index contributed by atoms with van der Waals surface area (Å²) in [5.41, 5.74) is 0. The van der Waals surface area contributed by atoms with E-state index < -0.39 is 18.3 Å². The van der Waals surface area contributed by atoms with Gasteiger partial charge in [0.2, 0.25) is 0 Å². The van der Waals surface area contributed by atoms with E-state index in [-0.39, 0.29) is 19.7 Å². The molecule has 0 aromatic heterocycles. The zero-order chi connectivity index (χ0) is 9.83. The van der Waals surface area contributed by atoms with Gasteiger partial charge in [0.25, 0.3) is 0 Å². The molecule has 0 fully saturated rings. The van der Waals surface area contributed by atoms with Crippen LogP contribution in [0.2, 0.25) is 0 Å². The quantitative estimate of drug-likeness (QED) is 0.404. The van der Waals surface area contributed by atoms with Crippen LogP contribution in [-0.4, -0.2) is 25.9 Å². The van der Waals surface area contributed by atoms with E-state index in [2.05, 4.69) is 0 Å². The number of hydrogen-bond acceptors (Lipinski definition) is 10. The molecule has 0 aromatic rings. The highest BCUT2D eigenvalue weighted by Gasteiger charge is 2.01. The van der Waals surface area contributed by atoms with Crippen molar-refractivity contribution in [1.29, 1.82) is 0 Å². The van der Waals surface area contributed by atoms with Crippen molar-refractivity contribution in [3.05, 3.63) is 0 Å². The lowest BCUT2D eigenvalue weighted by molar-refractivity contribution is 0.480. The predicted molar refractivity (Wildman–Crippen MR) is 49.8 cm³/mol. The lowest BCUT2D eigenvalue weighted by Crippen LogP contribution is -1.86. The Bertz CT molecular complexity index is 272. The lowest BCUT2D eigenvalue weighted by Gasteiger charge is -2.04. The molecular formula is O6S6-2. The van der Waals surface area contributed by atoms with E-state index in [9.17, 15) is 25.9 Å². The molecule has 74 valence electrons. The highest BCUT2D eigenvalue weighted by Crippen LogP contribution is 2.46. The van der Waals surface area contributed by atoms with Gasteiger partial charge in [-0.1, -0.05) is 0 Å². The Hall–Kier alpha value is 1.22. The van der Waals surface area contributed by atoms with Crippen LogP contribution in [0.15, 0.2) is 0 Å². The second kappa shape index (κ2) is 5.19. The molecule has 0 aliphatic carbocycles. The van der Waals surface area contributed by atoms with Crippen LogP contribution in [-0.2, 0) is 18.3 Å². The molecule has 0 aliphatic heterocycles. The van der Waals surface area contributed by atoms with Crippen LogP contribution in [0.1, 0.15) is 0 Å². The van der Waals surface area contributed by atoms with Crippen molar-refractivity contribution in [1.82, 2.24) is 0 Å². The Morgan fingerprint density at radius 2 is 1.00 bits per heavy atom. The SMILES string of the molecule is O=S(=O)([O-])SSSSS(=O)(=O)[O-]. The van der Waals surface area contributed by atoms with Crippen LogP contribution in [0.4, 0.5) is 0 Å². The summed E-state index contributed by atoms with van der Waals surface area (Å²) in [7, 11) is -8.19. The van der Waals surface area contributed by atoms with E-state index in [0.29, 0.717) is 19.7 Å². The van der Waals surface area contributed by atoms with Crippen LogP contribution < -0.4 is 0 Å². The molecule has 12 heavy (non-hydrogen) atoms. The van der Waals surface area contributed by atoms with Crippen molar-refractivity contribution >= 4 is 57.6 Å². The molecule has 0 spiro atoms. The summed E-state index contributed by atoms with van der Waals surface area (Å²) in [6.45, 7) is 0. The molecule has 0 bridgehead atoms. The fourth-order valence-electron chi connectivity index (χ4n) is 0.0907. The van der Waals surface area contributed by atoms with Crippen molar-refractivity contribution < 1.29 is 25.9 Å². The Kier molecular flexibility index (Phi) is 5.72. The molecule has 0 saturated carbocycles. The summed E-state index contributed by atoms with van der Waals surface area (Å²) in [6.07, 6.45) is 0. The van der Waals surface area contributed by atoms with Crippen molar-refractivity contribution in [3.8, 4) is 0 Å². The first-order chi connectivity index (χ1) is 5.21. The molecule has 0 aliphatic rings. The predicted octanol–water partition coefficient (Wildman–Crippen LogP) is 0.585. The van der Waals surface area contributed by atoms with Gasteiger partial charge in [0, 0.05) is 39.3 Å². The summed E-state index contributed by atoms with van der Waals surface area (Å²) in [5, 5.41) is 0. The molecule has 0 amide bonds. The molecule has 0 atom stereocenters. The molecule has 0 saturated heterocycles. The van der Waals surface area contributed by atoms with E-state index >= 15 is 0 Å².